The molecule has 1 N–H and O–H groups in total. The summed E-state index contributed by atoms with van der Waals surface area (Å²) in [6, 6.07) is 1.97. The SMILES string of the molecule is Cn1cc(C(=O)N2CCCC(Cc3cc(-c4ncc[nH]4)ncn3)C2)cn1. The fourth-order valence-corrected chi connectivity index (χ4v) is 3.47. The number of amides is 1. The first-order chi connectivity index (χ1) is 12.7. The van der Waals surface area contributed by atoms with E-state index in [9.17, 15) is 4.79 Å². The number of rotatable bonds is 4. The number of hydrogen-bond acceptors (Lipinski definition) is 5. The molecule has 0 aliphatic carbocycles. The topological polar surface area (TPSA) is 92.6 Å². The molecule has 1 amide bonds. The number of nitrogens with zero attached hydrogens (tertiary/aromatic N) is 6. The molecule has 1 aliphatic rings. The number of imidazole rings is 1. The zero-order chi connectivity index (χ0) is 17.9. The van der Waals surface area contributed by atoms with Crippen molar-refractivity contribution in [2.75, 3.05) is 13.1 Å². The van der Waals surface area contributed by atoms with Crippen molar-refractivity contribution in [2.24, 2.45) is 13.0 Å². The summed E-state index contributed by atoms with van der Waals surface area (Å²) in [5.74, 6) is 1.19. The van der Waals surface area contributed by atoms with Crippen LogP contribution in [0.2, 0.25) is 0 Å². The highest BCUT2D eigenvalue weighted by molar-refractivity contribution is 5.93. The van der Waals surface area contributed by atoms with Crippen LogP contribution < -0.4 is 0 Å². The number of likely N-dealkylation sites (tertiary alicyclic amines) is 1. The molecule has 134 valence electrons. The summed E-state index contributed by atoms with van der Waals surface area (Å²) < 4.78 is 1.66. The third-order valence-electron chi connectivity index (χ3n) is 4.72. The Balaban J connectivity index is 1.44. The molecule has 0 saturated carbocycles. The molecule has 1 fully saturated rings. The molecule has 4 rings (SSSR count). The molecule has 0 bridgehead atoms. The monoisotopic (exact) mass is 351 g/mol. The first-order valence-electron chi connectivity index (χ1n) is 8.77. The molecule has 26 heavy (non-hydrogen) atoms. The minimum atomic E-state index is 0.0572. The second-order valence-electron chi connectivity index (χ2n) is 6.70. The molecule has 0 radical (unpaired) electrons. The third kappa shape index (κ3) is 3.49. The van der Waals surface area contributed by atoms with E-state index in [2.05, 4.69) is 25.0 Å². The van der Waals surface area contributed by atoms with Gasteiger partial charge in [-0.15, -0.1) is 0 Å². The number of aromatic amines is 1. The smallest absolute Gasteiger partial charge is 0.257 e. The molecular weight excluding hydrogens is 330 g/mol. The van der Waals surface area contributed by atoms with Gasteiger partial charge in [-0.2, -0.15) is 5.10 Å². The summed E-state index contributed by atoms with van der Waals surface area (Å²) in [5.41, 5.74) is 2.42. The number of nitrogens with one attached hydrogen (secondary N) is 1. The van der Waals surface area contributed by atoms with Gasteiger partial charge in [-0.25, -0.2) is 15.0 Å². The standard InChI is InChI=1S/C18H21N7O/c1-24-11-14(9-23-24)18(26)25-6-2-3-13(10-25)7-15-8-16(22-12-21-15)17-19-4-5-20-17/h4-5,8-9,11-13H,2-3,6-7,10H2,1H3,(H,19,20). The molecule has 3 aromatic rings. The fraction of sp³-hybridized carbons (Fsp3) is 0.389. The summed E-state index contributed by atoms with van der Waals surface area (Å²) in [6.45, 7) is 1.54. The van der Waals surface area contributed by atoms with Gasteiger partial charge in [0.2, 0.25) is 0 Å². The Morgan fingerprint density at radius 3 is 3.04 bits per heavy atom. The molecule has 1 unspecified atom stereocenters. The average Bonchev–Trinajstić information content (AvgIpc) is 3.33. The molecule has 0 aromatic carbocycles. The quantitative estimate of drug-likeness (QED) is 0.772. The van der Waals surface area contributed by atoms with Crippen LogP contribution in [0.25, 0.3) is 11.5 Å². The van der Waals surface area contributed by atoms with E-state index in [1.807, 2.05) is 18.0 Å². The molecule has 4 heterocycles. The van der Waals surface area contributed by atoms with E-state index in [0.717, 1.165) is 49.6 Å². The summed E-state index contributed by atoms with van der Waals surface area (Å²) in [7, 11) is 1.82. The molecule has 3 aromatic heterocycles. The Morgan fingerprint density at radius 2 is 2.27 bits per heavy atom. The van der Waals surface area contributed by atoms with Crippen LogP contribution in [0.4, 0.5) is 0 Å². The van der Waals surface area contributed by atoms with Gasteiger partial charge in [0.05, 0.1) is 11.8 Å². The van der Waals surface area contributed by atoms with Gasteiger partial charge in [0.1, 0.15) is 12.0 Å². The van der Waals surface area contributed by atoms with Gasteiger partial charge in [0.15, 0.2) is 5.82 Å². The summed E-state index contributed by atoms with van der Waals surface area (Å²) in [6.07, 6.45) is 11.4. The van der Waals surface area contributed by atoms with Crippen molar-refractivity contribution in [1.82, 2.24) is 34.6 Å². The molecule has 8 nitrogen and oxygen atoms in total. The van der Waals surface area contributed by atoms with E-state index >= 15 is 0 Å². The number of aromatic nitrogens is 6. The van der Waals surface area contributed by atoms with Crippen molar-refractivity contribution in [1.29, 1.82) is 0 Å². The first kappa shape index (κ1) is 16.4. The predicted octanol–water partition coefficient (Wildman–Crippen LogP) is 1.70. The Hall–Kier alpha value is -3.03. The van der Waals surface area contributed by atoms with E-state index in [-0.39, 0.29) is 5.91 Å². The molecule has 1 saturated heterocycles. The average molecular weight is 351 g/mol. The van der Waals surface area contributed by atoms with Crippen molar-refractivity contribution in [3.05, 3.63) is 48.4 Å². The minimum Gasteiger partial charge on any atom is -0.343 e. The molecule has 8 heteroatoms. The number of hydrogen-bond donors (Lipinski definition) is 1. The fourth-order valence-electron chi connectivity index (χ4n) is 3.47. The van der Waals surface area contributed by atoms with E-state index in [0.29, 0.717) is 11.5 Å². The number of aryl methyl sites for hydroxylation is 1. The van der Waals surface area contributed by atoms with Crippen LogP contribution in [-0.4, -0.2) is 53.6 Å². The van der Waals surface area contributed by atoms with Crippen LogP contribution in [0.5, 0.6) is 0 Å². The van der Waals surface area contributed by atoms with Crippen LogP contribution in [-0.2, 0) is 13.5 Å². The normalized spacial score (nSPS) is 17.4. The van der Waals surface area contributed by atoms with Gasteiger partial charge in [-0.05, 0) is 31.2 Å². The van der Waals surface area contributed by atoms with Gasteiger partial charge in [-0.1, -0.05) is 0 Å². The largest absolute Gasteiger partial charge is 0.343 e. The van der Waals surface area contributed by atoms with Crippen molar-refractivity contribution in [3.8, 4) is 11.5 Å². The predicted molar refractivity (Wildman–Crippen MR) is 95.2 cm³/mol. The lowest BCUT2D eigenvalue weighted by Crippen LogP contribution is -2.40. The van der Waals surface area contributed by atoms with E-state index in [1.54, 1.807) is 35.8 Å². The van der Waals surface area contributed by atoms with Crippen molar-refractivity contribution in [3.63, 3.8) is 0 Å². The maximum Gasteiger partial charge on any atom is 0.257 e. The Bertz CT molecular complexity index is 887. The summed E-state index contributed by atoms with van der Waals surface area (Å²) in [5, 5.41) is 4.10. The van der Waals surface area contributed by atoms with Crippen LogP contribution in [0, 0.1) is 5.92 Å². The highest BCUT2D eigenvalue weighted by Crippen LogP contribution is 2.22. The van der Waals surface area contributed by atoms with Crippen LogP contribution in [0.3, 0.4) is 0 Å². The Labute approximate surface area is 151 Å². The minimum absolute atomic E-state index is 0.0572. The van der Waals surface area contributed by atoms with Crippen LogP contribution >= 0.6 is 0 Å². The van der Waals surface area contributed by atoms with E-state index < -0.39 is 0 Å². The number of H-pyrrole nitrogens is 1. The lowest BCUT2D eigenvalue weighted by molar-refractivity contribution is 0.0672. The van der Waals surface area contributed by atoms with E-state index in [4.69, 9.17) is 0 Å². The lowest BCUT2D eigenvalue weighted by atomic mass is 9.93. The van der Waals surface area contributed by atoms with Crippen molar-refractivity contribution in [2.45, 2.75) is 19.3 Å². The van der Waals surface area contributed by atoms with Gasteiger partial charge in [0, 0.05) is 44.4 Å². The Kier molecular flexibility index (Phi) is 4.47. The zero-order valence-electron chi connectivity index (χ0n) is 14.7. The van der Waals surface area contributed by atoms with Crippen LogP contribution in [0.1, 0.15) is 28.9 Å². The highest BCUT2D eigenvalue weighted by Gasteiger charge is 2.25. The van der Waals surface area contributed by atoms with Crippen molar-refractivity contribution < 1.29 is 4.79 Å². The maximum absolute atomic E-state index is 12.7. The van der Waals surface area contributed by atoms with Crippen LogP contribution in [0.15, 0.2) is 37.2 Å². The van der Waals surface area contributed by atoms with Gasteiger partial charge in [-0.3, -0.25) is 9.48 Å². The van der Waals surface area contributed by atoms with Crippen molar-refractivity contribution >= 4 is 5.91 Å². The number of carbonyl (C=O) groups excluding carboxylic acids is 1. The molecular formula is C18H21N7O. The maximum atomic E-state index is 12.7. The highest BCUT2D eigenvalue weighted by atomic mass is 16.2. The second-order valence-corrected chi connectivity index (χ2v) is 6.70. The molecule has 1 atom stereocenters. The first-order valence-corrected chi connectivity index (χ1v) is 8.77. The molecule has 0 spiro atoms. The number of piperidine rings is 1. The molecule has 1 aliphatic heterocycles. The summed E-state index contributed by atoms with van der Waals surface area (Å²) in [4.78, 5) is 30.6. The zero-order valence-corrected chi connectivity index (χ0v) is 14.7. The summed E-state index contributed by atoms with van der Waals surface area (Å²) >= 11 is 0. The lowest BCUT2D eigenvalue weighted by Gasteiger charge is -2.32. The Morgan fingerprint density at radius 1 is 1.35 bits per heavy atom. The number of carbonyl (C=O) groups is 1. The second kappa shape index (κ2) is 7.07. The third-order valence-corrected chi connectivity index (χ3v) is 4.72. The van der Waals surface area contributed by atoms with Gasteiger partial charge < -0.3 is 9.88 Å². The van der Waals surface area contributed by atoms with E-state index in [1.165, 1.54) is 0 Å². The van der Waals surface area contributed by atoms with Gasteiger partial charge in [0.25, 0.3) is 5.91 Å². The van der Waals surface area contributed by atoms with Gasteiger partial charge >= 0.3 is 0 Å².